The highest BCUT2D eigenvalue weighted by Gasteiger charge is 2.49. The van der Waals surface area contributed by atoms with E-state index in [1.165, 1.54) is 53.0 Å². The van der Waals surface area contributed by atoms with Crippen molar-refractivity contribution in [2.45, 2.75) is 205 Å². The summed E-state index contributed by atoms with van der Waals surface area (Å²) in [5, 5.41) is 92.2. The molecule has 5 aliphatic heterocycles. The van der Waals surface area contributed by atoms with Crippen LogP contribution in [-0.4, -0.2) is 234 Å². The lowest BCUT2D eigenvalue weighted by molar-refractivity contribution is -0.231. The molecular formula is C103H121Cl4NO29. The fraction of sp³-hybridized carbons (Fsp3) is 0.447. The van der Waals surface area contributed by atoms with E-state index in [4.69, 9.17) is 108 Å². The van der Waals surface area contributed by atoms with Gasteiger partial charge in [0, 0.05) is 86.3 Å². The van der Waals surface area contributed by atoms with Crippen LogP contribution in [0.15, 0.2) is 173 Å². The molecule has 0 amide bonds. The van der Waals surface area contributed by atoms with Crippen LogP contribution in [0, 0.1) is 23.7 Å². The maximum atomic E-state index is 12.2. The highest BCUT2D eigenvalue weighted by atomic mass is 35.5. The first-order valence-corrected chi connectivity index (χ1v) is 46.4. The van der Waals surface area contributed by atoms with Crippen LogP contribution in [0.2, 0.25) is 20.1 Å². The Hall–Kier alpha value is -9.85. The minimum Gasteiger partial charge on any atom is -0.507 e. The van der Waals surface area contributed by atoms with Gasteiger partial charge in [0.05, 0.1) is 61.4 Å². The molecule has 9 N–H and O–H groups in total. The van der Waals surface area contributed by atoms with Gasteiger partial charge in [0.15, 0.2) is 17.0 Å². The van der Waals surface area contributed by atoms with Crippen molar-refractivity contribution in [3.8, 4) is 17.2 Å². The Morgan fingerprint density at radius 2 is 0.861 bits per heavy atom. The van der Waals surface area contributed by atoms with Crippen LogP contribution in [-0.2, 0) is 92.2 Å². The average Bonchev–Trinajstić information content (AvgIpc) is 0.787. The van der Waals surface area contributed by atoms with Gasteiger partial charge in [-0.2, -0.15) is 0 Å². The monoisotopic (exact) mass is 1980 g/mol. The van der Waals surface area contributed by atoms with E-state index in [1.54, 1.807) is 93.1 Å². The van der Waals surface area contributed by atoms with Crippen molar-refractivity contribution in [3.63, 3.8) is 0 Å². The first-order valence-electron chi connectivity index (χ1n) is 44.9. The minimum absolute atomic E-state index is 0.00607. The van der Waals surface area contributed by atoms with E-state index in [2.05, 4.69) is 0 Å². The molecule has 20 atom stereocenters. The molecule has 6 heterocycles. The molecule has 137 heavy (non-hydrogen) atoms. The Morgan fingerprint density at radius 1 is 0.460 bits per heavy atom. The van der Waals surface area contributed by atoms with E-state index in [1.807, 2.05) is 120 Å². The van der Waals surface area contributed by atoms with Crippen molar-refractivity contribution in [1.29, 1.82) is 0 Å². The molecule has 0 radical (unpaired) electrons. The molecule has 9 aromatic rings. The normalized spacial score (nSPS) is 25.0. The summed E-state index contributed by atoms with van der Waals surface area (Å²) in [6, 6.07) is 46.3. The lowest BCUT2D eigenvalue weighted by Gasteiger charge is -2.44. The largest absolute Gasteiger partial charge is 0.507 e. The van der Waals surface area contributed by atoms with Gasteiger partial charge < -0.3 is 107 Å². The summed E-state index contributed by atoms with van der Waals surface area (Å²) in [7, 11) is 6.98. The lowest BCUT2D eigenvalue weighted by Crippen LogP contribution is -2.55. The number of nitrogens with zero attached hydrogens (tertiary/aromatic N) is 1. The number of halogens is 4. The standard InChI is InChI=1S/C27H31ClO7.C27H33ClO6.C22H23ClO7.C22H21ClO7.C5H13NO2/c1-14-15(2)26(34-18(5)31)27(35-25(14)13-33-17(4)30)20-7-8-23(28)21(12-20)10-19-6-9-24(32)22(11-19)16(3)29;1-6-31-23-10-7-20(8-11-23)13-22-14-21(9-12-24(22)28)27-26(33-19(5)30)17(3)16(2)25(34-27)15-32-18(4)29;2*23-15-3-2-12(22-21(28)20(27)19(26)18(10-24)30-22)9-13(15)7-11-1-4-17-14(8-11)16(25)5-6-29-17;1-6(2)5(7-3)8-4/h6-9,11-12,14-15,25-27,32H,10,13H2,1-5H3;7-12,14,16-17,25-27H,6,13,15H2,1-5H3;1-4,8-9,18-22,24,26-28H,5-7,10H2;1-6,8-9,18-22,24,26-28H,7,10H2;5H,1-4H3/t14-,15-,25+,26+,27-;16-,17-,25+,26+,27-;2*18-,19-,20+,21-,22+;/m0011./s1. The highest BCUT2D eigenvalue weighted by molar-refractivity contribution is 6.32. The van der Waals surface area contributed by atoms with E-state index >= 15 is 0 Å². The van der Waals surface area contributed by atoms with Crippen LogP contribution in [0.5, 0.6) is 17.2 Å². The molecule has 4 saturated heterocycles. The minimum atomic E-state index is -1.46. The highest BCUT2D eigenvalue weighted by Crippen LogP contribution is 2.46. The van der Waals surface area contributed by atoms with Crippen LogP contribution >= 0.6 is 46.4 Å². The zero-order valence-electron chi connectivity index (χ0n) is 78.6. The number of rotatable bonds is 26. The third kappa shape index (κ3) is 28.7. The maximum absolute atomic E-state index is 12.2. The number of benzene rings is 8. The van der Waals surface area contributed by atoms with E-state index in [0.717, 1.165) is 61.4 Å². The van der Waals surface area contributed by atoms with Crippen molar-refractivity contribution in [2.24, 2.45) is 23.7 Å². The van der Waals surface area contributed by atoms with E-state index < -0.39 is 105 Å². The number of esters is 4. The smallest absolute Gasteiger partial charge is 0.303 e. The summed E-state index contributed by atoms with van der Waals surface area (Å²) in [6.45, 7) is 17.1. The Bertz CT molecular complexity index is 5650. The number of ketones is 2. The summed E-state index contributed by atoms with van der Waals surface area (Å²) >= 11 is 25.8. The van der Waals surface area contributed by atoms with Crippen molar-refractivity contribution in [1.82, 2.24) is 4.90 Å². The Morgan fingerprint density at radius 3 is 1.26 bits per heavy atom. The van der Waals surface area contributed by atoms with Crippen LogP contribution < -0.4 is 14.9 Å². The van der Waals surface area contributed by atoms with Crippen molar-refractivity contribution < 1.29 is 136 Å². The number of aliphatic hydroxyl groups excluding tert-OH is 8. The molecule has 8 aromatic carbocycles. The zero-order chi connectivity index (χ0) is 100. The maximum Gasteiger partial charge on any atom is 0.303 e. The number of hydrogen-bond acceptors (Lipinski definition) is 30. The van der Waals surface area contributed by atoms with Gasteiger partial charge in [-0.15, -0.1) is 0 Å². The quantitative estimate of drug-likeness (QED) is 0.0105. The van der Waals surface area contributed by atoms with Crippen molar-refractivity contribution in [2.75, 3.05) is 68.0 Å². The van der Waals surface area contributed by atoms with E-state index in [0.29, 0.717) is 98.8 Å². The van der Waals surface area contributed by atoms with Gasteiger partial charge in [0.25, 0.3) is 0 Å². The SMILES string of the molecule is CC(=O)OC[C@H]1O[C@@H](c2ccc(Cl)c(Cc3ccc(O)c(C(C)=O)c3)c2)[C@H](OC(C)=O)[C@@H](C)[C@@H]1C.CCOc1ccc(Cc2cc([C@@H]3O[C@H](COC(C)=O)[C@@H](C)[C@H](C)[C@H]3OC(C)=O)ccc2Cl)cc1.COC(OC)N(C)C.O=C1CCOc2ccc(Cc3cc([C@@H]4O[C@H](CO)[C@@H](O)[C@H](O)[C@H]4O)ccc3Cl)cc21.O=c1ccoc2ccc(Cc3cc([C@@H]4O[C@H](CO)[C@@H](O)[C@H](O)[C@H]4O)ccc3Cl)cc12. The van der Waals surface area contributed by atoms with Crippen molar-refractivity contribution in [3.05, 3.63) is 272 Å². The topological polar surface area (TPSA) is 429 Å². The molecule has 1 aromatic heterocycles. The number of phenolic OH excluding ortho intramolecular Hbond substituents is 1. The van der Waals surface area contributed by atoms with Crippen LogP contribution in [0.25, 0.3) is 11.0 Å². The summed E-state index contributed by atoms with van der Waals surface area (Å²) < 4.78 is 72.0. The first-order chi connectivity index (χ1) is 65.1. The van der Waals surface area contributed by atoms with Gasteiger partial charge >= 0.3 is 23.9 Å². The first kappa shape index (κ1) is 109. The predicted molar refractivity (Wildman–Crippen MR) is 509 cm³/mol. The Balaban J connectivity index is 0.000000184. The van der Waals surface area contributed by atoms with E-state index in [-0.39, 0.29) is 102 Å². The number of aromatic hydroxyl groups is 1. The van der Waals surface area contributed by atoms with E-state index in [9.17, 15) is 79.5 Å². The molecule has 0 aliphatic carbocycles. The molecule has 740 valence electrons. The molecular weight excluding hydrogens is 1860 g/mol. The second-order valence-electron chi connectivity index (χ2n) is 34.7. The summed E-state index contributed by atoms with van der Waals surface area (Å²) in [4.78, 5) is 84.4. The van der Waals surface area contributed by atoms with Gasteiger partial charge in [-0.3, -0.25) is 38.5 Å². The second-order valence-corrected chi connectivity index (χ2v) is 36.3. The Labute approximate surface area is 815 Å². The summed E-state index contributed by atoms with van der Waals surface area (Å²) in [6.07, 6.45) is -11.8. The lowest BCUT2D eigenvalue weighted by atomic mass is 9.79. The molecule has 4 fully saturated rings. The fourth-order valence-electron chi connectivity index (χ4n) is 16.9. The third-order valence-electron chi connectivity index (χ3n) is 24.7. The van der Waals surface area contributed by atoms with Gasteiger partial charge in [0.2, 0.25) is 6.41 Å². The Kier molecular flexibility index (Phi) is 40.5. The fourth-order valence-corrected chi connectivity index (χ4v) is 17.7. The molecule has 0 saturated carbocycles. The predicted octanol–water partition coefficient (Wildman–Crippen LogP) is 13.7. The number of methoxy groups -OCH3 is 2. The van der Waals surface area contributed by atoms with Gasteiger partial charge in [-0.05, 0) is 205 Å². The molecule has 34 heteroatoms. The molecule has 5 aliphatic rings. The molecule has 14 rings (SSSR count). The number of Topliss-reactive ketones (excluding diaryl/α,β-unsaturated/α-hetero) is 2. The number of phenols is 1. The average molecular weight is 1980 g/mol. The molecule has 30 nitrogen and oxygen atoms in total. The molecule has 0 unspecified atom stereocenters. The summed E-state index contributed by atoms with van der Waals surface area (Å²) in [5.41, 5.74) is 10.7. The number of carbonyl (C=O) groups excluding carboxylic acids is 6. The molecule has 0 bridgehead atoms. The second kappa shape index (κ2) is 50.8. The third-order valence-corrected chi connectivity index (χ3v) is 26.2. The van der Waals surface area contributed by atoms with Gasteiger partial charge in [0.1, 0.15) is 122 Å². The summed E-state index contributed by atoms with van der Waals surface area (Å²) in [5.74, 6) is -0.431. The van der Waals surface area contributed by atoms with Gasteiger partial charge in [-0.1, -0.05) is 153 Å². The number of carbonyl (C=O) groups is 6. The zero-order valence-corrected chi connectivity index (χ0v) is 81.7. The molecule has 0 spiro atoms. The number of aliphatic hydroxyl groups is 8. The number of ether oxygens (including phenoxy) is 12. The number of hydrogen-bond donors (Lipinski definition) is 9. The van der Waals surface area contributed by atoms with Crippen LogP contribution in [0.4, 0.5) is 0 Å². The van der Waals surface area contributed by atoms with Gasteiger partial charge in [-0.25, -0.2) is 0 Å². The van der Waals surface area contributed by atoms with Crippen molar-refractivity contribution >= 4 is 92.8 Å². The van der Waals surface area contributed by atoms with Crippen LogP contribution in [0.3, 0.4) is 0 Å². The van der Waals surface area contributed by atoms with Crippen LogP contribution in [0.1, 0.15) is 188 Å². The number of fused-ring (bicyclic) bond motifs is 2.